The van der Waals surface area contributed by atoms with E-state index in [1.807, 2.05) is 53.4 Å². The summed E-state index contributed by atoms with van der Waals surface area (Å²) in [7, 11) is 0. The number of benzene rings is 2. The average Bonchev–Trinajstić information content (AvgIpc) is 2.94. The molecule has 0 aliphatic carbocycles. The Morgan fingerprint density at radius 2 is 2.00 bits per heavy atom. The highest BCUT2D eigenvalue weighted by atomic mass is 16.5. The Bertz CT molecular complexity index is 762. The average molecular weight is 319 g/mol. The number of rotatable bonds is 5. The zero-order valence-corrected chi connectivity index (χ0v) is 13.8. The minimum Gasteiger partial charge on any atom is -0.490 e. The monoisotopic (exact) mass is 319 g/mol. The molecule has 2 aromatic rings. The summed E-state index contributed by atoms with van der Waals surface area (Å²) in [4.78, 5) is 14.5. The van der Waals surface area contributed by atoms with Crippen LogP contribution in [0.2, 0.25) is 0 Å². The van der Waals surface area contributed by atoms with Crippen molar-refractivity contribution in [3.05, 3.63) is 78.4 Å². The van der Waals surface area contributed by atoms with Gasteiger partial charge in [0.25, 0.3) is 5.91 Å². The minimum absolute atomic E-state index is 0.0134. The van der Waals surface area contributed by atoms with E-state index in [1.54, 1.807) is 12.2 Å². The molecule has 24 heavy (non-hydrogen) atoms. The minimum atomic E-state index is 0.0134. The third-order valence-corrected chi connectivity index (χ3v) is 4.11. The van der Waals surface area contributed by atoms with Crippen molar-refractivity contribution in [2.24, 2.45) is 0 Å². The molecule has 1 amide bonds. The van der Waals surface area contributed by atoms with Gasteiger partial charge in [-0.2, -0.15) is 0 Å². The second-order valence-corrected chi connectivity index (χ2v) is 5.89. The molecule has 0 N–H and O–H groups in total. The Hall–Kier alpha value is -2.81. The van der Waals surface area contributed by atoms with Crippen molar-refractivity contribution in [3.63, 3.8) is 0 Å². The number of anilines is 1. The van der Waals surface area contributed by atoms with Crippen LogP contribution < -0.4 is 9.64 Å². The summed E-state index contributed by atoms with van der Waals surface area (Å²) in [5, 5.41) is 0. The van der Waals surface area contributed by atoms with Gasteiger partial charge in [-0.25, -0.2) is 0 Å². The molecule has 0 spiro atoms. The number of carbonyl (C=O) groups excluding carboxylic acids is 1. The first-order valence-electron chi connectivity index (χ1n) is 8.12. The van der Waals surface area contributed by atoms with Crippen molar-refractivity contribution in [3.8, 4) is 5.75 Å². The fourth-order valence-corrected chi connectivity index (χ4v) is 2.98. The molecular formula is C21H21NO2. The molecule has 3 nitrogen and oxygen atoms in total. The molecule has 1 aliphatic heterocycles. The maximum atomic E-state index is 12.6. The standard InChI is InChI=1S/C21H21NO2/c1-3-14-24-19-11-8-17(9-12-19)10-13-21(23)22-16(2)15-18-6-4-5-7-20(18)22/h3-13,16H,1,14-15H2,2H3/b13-10+. The van der Waals surface area contributed by atoms with E-state index in [-0.39, 0.29) is 11.9 Å². The van der Waals surface area contributed by atoms with Crippen LogP contribution in [0.15, 0.2) is 67.3 Å². The third-order valence-electron chi connectivity index (χ3n) is 4.11. The molecule has 0 aromatic heterocycles. The molecule has 2 aromatic carbocycles. The van der Waals surface area contributed by atoms with Crippen LogP contribution in [0.5, 0.6) is 5.75 Å². The zero-order chi connectivity index (χ0) is 16.9. The quantitative estimate of drug-likeness (QED) is 0.609. The van der Waals surface area contributed by atoms with Crippen LogP contribution in [0.3, 0.4) is 0 Å². The number of amides is 1. The lowest BCUT2D eigenvalue weighted by atomic mass is 10.1. The van der Waals surface area contributed by atoms with Crippen LogP contribution in [0.25, 0.3) is 6.08 Å². The van der Waals surface area contributed by atoms with Crippen LogP contribution in [-0.2, 0) is 11.2 Å². The molecule has 3 rings (SSSR count). The molecular weight excluding hydrogens is 298 g/mol. The van der Waals surface area contributed by atoms with Gasteiger partial charge in [0.2, 0.25) is 0 Å². The second-order valence-electron chi connectivity index (χ2n) is 5.89. The molecule has 1 aliphatic rings. The number of ether oxygens (including phenoxy) is 1. The summed E-state index contributed by atoms with van der Waals surface area (Å²) in [5.41, 5.74) is 3.22. The van der Waals surface area contributed by atoms with E-state index < -0.39 is 0 Å². The van der Waals surface area contributed by atoms with Gasteiger partial charge in [0.05, 0.1) is 0 Å². The van der Waals surface area contributed by atoms with Crippen molar-refractivity contribution in [1.29, 1.82) is 0 Å². The predicted molar refractivity (Wildman–Crippen MR) is 98.3 cm³/mol. The van der Waals surface area contributed by atoms with Gasteiger partial charge in [0.15, 0.2) is 0 Å². The van der Waals surface area contributed by atoms with Crippen LogP contribution in [-0.4, -0.2) is 18.6 Å². The van der Waals surface area contributed by atoms with E-state index in [9.17, 15) is 4.79 Å². The fourth-order valence-electron chi connectivity index (χ4n) is 2.98. The maximum absolute atomic E-state index is 12.6. The molecule has 0 fully saturated rings. The molecule has 0 bridgehead atoms. The first-order chi connectivity index (χ1) is 11.7. The van der Waals surface area contributed by atoms with Crippen molar-refractivity contribution in [1.82, 2.24) is 0 Å². The summed E-state index contributed by atoms with van der Waals surface area (Å²) in [6.45, 7) is 6.19. The first kappa shape index (κ1) is 16.1. The highest BCUT2D eigenvalue weighted by Gasteiger charge is 2.29. The lowest BCUT2D eigenvalue weighted by Gasteiger charge is -2.20. The second kappa shape index (κ2) is 7.18. The van der Waals surface area contributed by atoms with Gasteiger partial charge in [0, 0.05) is 17.8 Å². The van der Waals surface area contributed by atoms with Gasteiger partial charge in [-0.3, -0.25) is 4.79 Å². The Balaban J connectivity index is 1.70. The third kappa shape index (κ3) is 3.40. The Kier molecular flexibility index (Phi) is 4.80. The molecule has 3 heteroatoms. The van der Waals surface area contributed by atoms with E-state index in [2.05, 4.69) is 19.6 Å². The molecule has 0 saturated carbocycles. The number of para-hydroxylation sites is 1. The summed E-state index contributed by atoms with van der Waals surface area (Å²) < 4.78 is 5.45. The molecule has 1 heterocycles. The topological polar surface area (TPSA) is 29.5 Å². The van der Waals surface area contributed by atoms with Gasteiger partial charge < -0.3 is 9.64 Å². The first-order valence-corrected chi connectivity index (χ1v) is 8.12. The summed E-state index contributed by atoms with van der Waals surface area (Å²) in [6.07, 6.45) is 6.10. The highest BCUT2D eigenvalue weighted by Crippen LogP contribution is 2.32. The summed E-state index contributed by atoms with van der Waals surface area (Å²) in [6, 6.07) is 15.9. The lowest BCUT2D eigenvalue weighted by Crippen LogP contribution is -2.34. The van der Waals surface area contributed by atoms with E-state index in [0.29, 0.717) is 6.61 Å². The van der Waals surface area contributed by atoms with Crippen molar-refractivity contribution >= 4 is 17.7 Å². The summed E-state index contributed by atoms with van der Waals surface area (Å²) in [5.74, 6) is 0.805. The molecule has 0 radical (unpaired) electrons. The van der Waals surface area contributed by atoms with Gasteiger partial charge in [-0.05, 0) is 48.7 Å². The zero-order valence-electron chi connectivity index (χ0n) is 13.8. The maximum Gasteiger partial charge on any atom is 0.251 e. The fraction of sp³-hybridized carbons (Fsp3) is 0.190. The van der Waals surface area contributed by atoms with Crippen LogP contribution in [0.4, 0.5) is 5.69 Å². The SMILES string of the molecule is C=CCOc1ccc(/C=C/C(=O)N2c3ccccc3CC2C)cc1. The van der Waals surface area contributed by atoms with E-state index >= 15 is 0 Å². The van der Waals surface area contributed by atoms with Crippen molar-refractivity contribution < 1.29 is 9.53 Å². The predicted octanol–water partition coefficient (Wildman–Crippen LogP) is 4.24. The number of carbonyl (C=O) groups is 1. The Morgan fingerprint density at radius 1 is 1.25 bits per heavy atom. The van der Waals surface area contributed by atoms with Crippen LogP contribution >= 0.6 is 0 Å². The molecule has 1 unspecified atom stereocenters. The Morgan fingerprint density at radius 3 is 2.75 bits per heavy atom. The van der Waals surface area contributed by atoms with Crippen LogP contribution in [0.1, 0.15) is 18.1 Å². The van der Waals surface area contributed by atoms with E-state index in [4.69, 9.17) is 4.74 Å². The lowest BCUT2D eigenvalue weighted by molar-refractivity contribution is -0.114. The molecule has 0 saturated heterocycles. The largest absolute Gasteiger partial charge is 0.490 e. The number of hydrogen-bond donors (Lipinski definition) is 0. The van der Waals surface area contributed by atoms with Gasteiger partial charge in [-0.1, -0.05) is 43.0 Å². The highest BCUT2D eigenvalue weighted by molar-refractivity contribution is 6.05. The molecule has 122 valence electrons. The normalized spacial score (nSPS) is 16.2. The number of nitrogens with zero attached hydrogens (tertiary/aromatic N) is 1. The number of hydrogen-bond acceptors (Lipinski definition) is 2. The van der Waals surface area contributed by atoms with E-state index in [1.165, 1.54) is 5.56 Å². The van der Waals surface area contributed by atoms with Gasteiger partial charge >= 0.3 is 0 Å². The van der Waals surface area contributed by atoms with Gasteiger partial charge in [0.1, 0.15) is 12.4 Å². The van der Waals surface area contributed by atoms with E-state index in [0.717, 1.165) is 23.4 Å². The molecule has 1 atom stereocenters. The van der Waals surface area contributed by atoms with Crippen LogP contribution in [0, 0.1) is 0 Å². The van der Waals surface area contributed by atoms with Crippen molar-refractivity contribution in [2.75, 3.05) is 11.5 Å². The Labute approximate surface area is 142 Å². The smallest absolute Gasteiger partial charge is 0.251 e. The number of fused-ring (bicyclic) bond motifs is 1. The van der Waals surface area contributed by atoms with Gasteiger partial charge in [-0.15, -0.1) is 0 Å². The van der Waals surface area contributed by atoms with Crippen molar-refractivity contribution in [2.45, 2.75) is 19.4 Å². The summed E-state index contributed by atoms with van der Waals surface area (Å²) >= 11 is 0.